The summed E-state index contributed by atoms with van der Waals surface area (Å²) in [4.78, 5) is 13.1. The fraction of sp³-hybridized carbons (Fsp3) is 0.103. The van der Waals surface area contributed by atoms with E-state index >= 15 is 0 Å². The fourth-order valence-electron chi connectivity index (χ4n) is 3.66. The minimum absolute atomic E-state index is 0.248. The SMILES string of the molecule is COc1cc(/C=N/NC(=O)C(O)(c2ccccc2)c2ccccc2)ccc1OCc1ccc(F)cc1. The number of nitrogens with zero attached hydrogens (tertiary/aromatic N) is 1. The molecule has 0 radical (unpaired) electrons. The molecule has 1 amide bonds. The molecule has 182 valence electrons. The quantitative estimate of drug-likeness (QED) is 0.264. The average molecular weight is 485 g/mol. The topological polar surface area (TPSA) is 80.2 Å². The molecule has 0 heterocycles. The Labute approximate surface area is 208 Å². The summed E-state index contributed by atoms with van der Waals surface area (Å²) < 4.78 is 24.3. The van der Waals surface area contributed by atoms with E-state index in [1.165, 1.54) is 25.5 Å². The van der Waals surface area contributed by atoms with Crippen molar-refractivity contribution in [2.24, 2.45) is 5.10 Å². The molecule has 0 fully saturated rings. The lowest BCUT2D eigenvalue weighted by Crippen LogP contribution is -2.43. The largest absolute Gasteiger partial charge is 0.493 e. The third-order valence-electron chi connectivity index (χ3n) is 5.59. The summed E-state index contributed by atoms with van der Waals surface area (Å²) in [5, 5.41) is 15.5. The molecule has 2 N–H and O–H groups in total. The smallest absolute Gasteiger partial charge is 0.281 e. The van der Waals surface area contributed by atoms with Crippen molar-refractivity contribution in [2.45, 2.75) is 12.2 Å². The van der Waals surface area contributed by atoms with Crippen molar-refractivity contribution in [3.05, 3.63) is 131 Å². The molecule has 4 rings (SSSR count). The predicted octanol–water partition coefficient (Wildman–Crippen LogP) is 4.80. The minimum atomic E-state index is -1.92. The van der Waals surface area contributed by atoms with Gasteiger partial charge in [0.1, 0.15) is 12.4 Å². The number of carbonyl (C=O) groups excluding carboxylic acids is 1. The van der Waals surface area contributed by atoms with E-state index < -0.39 is 11.5 Å². The van der Waals surface area contributed by atoms with Crippen LogP contribution in [0.2, 0.25) is 0 Å². The van der Waals surface area contributed by atoms with Gasteiger partial charge in [-0.15, -0.1) is 0 Å². The van der Waals surface area contributed by atoms with E-state index in [0.717, 1.165) is 5.56 Å². The number of rotatable bonds is 9. The van der Waals surface area contributed by atoms with Gasteiger partial charge in [0, 0.05) is 0 Å². The van der Waals surface area contributed by atoms with E-state index in [0.29, 0.717) is 28.2 Å². The van der Waals surface area contributed by atoms with Gasteiger partial charge in [0.05, 0.1) is 13.3 Å². The summed E-state index contributed by atoms with van der Waals surface area (Å²) >= 11 is 0. The van der Waals surface area contributed by atoms with Crippen LogP contribution in [-0.2, 0) is 17.0 Å². The number of nitrogens with one attached hydrogen (secondary N) is 1. The molecule has 0 saturated heterocycles. The lowest BCUT2D eigenvalue weighted by molar-refractivity contribution is -0.136. The van der Waals surface area contributed by atoms with Gasteiger partial charge in [0.25, 0.3) is 5.91 Å². The van der Waals surface area contributed by atoms with Gasteiger partial charge in [0.2, 0.25) is 0 Å². The zero-order chi connectivity index (χ0) is 25.4. The van der Waals surface area contributed by atoms with Gasteiger partial charge in [-0.25, -0.2) is 9.82 Å². The van der Waals surface area contributed by atoms with E-state index in [1.807, 2.05) is 12.1 Å². The first kappa shape index (κ1) is 24.6. The van der Waals surface area contributed by atoms with Crippen LogP contribution in [0.3, 0.4) is 0 Å². The molecule has 7 heteroatoms. The van der Waals surface area contributed by atoms with Crippen LogP contribution in [-0.4, -0.2) is 24.3 Å². The highest BCUT2D eigenvalue weighted by Gasteiger charge is 2.39. The Kier molecular flexibility index (Phi) is 7.72. The van der Waals surface area contributed by atoms with E-state index in [4.69, 9.17) is 9.47 Å². The molecular weight excluding hydrogens is 459 g/mol. The Hall–Kier alpha value is -4.49. The van der Waals surface area contributed by atoms with Crippen LogP contribution in [0.25, 0.3) is 0 Å². The van der Waals surface area contributed by atoms with Crippen molar-refractivity contribution in [3.8, 4) is 11.5 Å². The highest BCUT2D eigenvalue weighted by molar-refractivity contribution is 5.91. The number of ether oxygens (including phenoxy) is 2. The number of amides is 1. The highest BCUT2D eigenvalue weighted by Crippen LogP contribution is 2.30. The molecule has 0 unspecified atom stereocenters. The van der Waals surface area contributed by atoms with E-state index in [2.05, 4.69) is 10.5 Å². The molecule has 0 aliphatic heterocycles. The second kappa shape index (κ2) is 11.3. The van der Waals surface area contributed by atoms with Crippen LogP contribution in [0.5, 0.6) is 11.5 Å². The van der Waals surface area contributed by atoms with Crippen LogP contribution in [0, 0.1) is 5.82 Å². The van der Waals surface area contributed by atoms with Crippen LogP contribution >= 0.6 is 0 Å². The number of hydrogen-bond acceptors (Lipinski definition) is 5. The van der Waals surface area contributed by atoms with E-state index in [9.17, 15) is 14.3 Å². The lowest BCUT2D eigenvalue weighted by Gasteiger charge is -2.27. The van der Waals surface area contributed by atoms with Crippen LogP contribution < -0.4 is 14.9 Å². The van der Waals surface area contributed by atoms with Gasteiger partial charge in [0.15, 0.2) is 17.1 Å². The van der Waals surface area contributed by atoms with Gasteiger partial charge in [-0.05, 0) is 52.6 Å². The summed E-state index contributed by atoms with van der Waals surface area (Å²) in [5.41, 5.74) is 2.84. The first-order valence-corrected chi connectivity index (χ1v) is 11.2. The molecule has 6 nitrogen and oxygen atoms in total. The highest BCUT2D eigenvalue weighted by atomic mass is 19.1. The molecule has 0 spiro atoms. The molecule has 4 aromatic carbocycles. The normalized spacial score (nSPS) is 11.3. The number of aliphatic hydroxyl groups is 1. The van der Waals surface area contributed by atoms with Crippen molar-refractivity contribution >= 4 is 12.1 Å². The number of benzene rings is 4. The molecule has 0 bridgehead atoms. The molecule has 0 saturated carbocycles. The van der Waals surface area contributed by atoms with Crippen molar-refractivity contribution < 1.29 is 23.8 Å². The van der Waals surface area contributed by atoms with Gasteiger partial charge < -0.3 is 14.6 Å². The second-order valence-electron chi connectivity index (χ2n) is 7.97. The standard InChI is InChI=1S/C29H25FN2O4/c1-35-27-18-22(14-17-26(27)36-20-21-12-15-25(30)16-13-21)19-31-32-28(33)29(34,23-8-4-2-5-9-23)24-10-6-3-7-11-24/h2-19,34H,20H2,1H3,(H,32,33)/b31-19+. The number of carbonyl (C=O) groups is 1. The maximum absolute atomic E-state index is 13.1. The Morgan fingerprint density at radius 2 is 1.53 bits per heavy atom. The Morgan fingerprint density at radius 3 is 2.11 bits per heavy atom. The molecule has 0 atom stereocenters. The van der Waals surface area contributed by atoms with Gasteiger partial charge >= 0.3 is 0 Å². The molecule has 36 heavy (non-hydrogen) atoms. The maximum atomic E-state index is 13.1. The summed E-state index contributed by atoms with van der Waals surface area (Å²) in [6.07, 6.45) is 1.45. The zero-order valence-electron chi connectivity index (χ0n) is 19.6. The van der Waals surface area contributed by atoms with Gasteiger partial charge in [-0.3, -0.25) is 4.79 Å². The number of hydrazone groups is 1. The van der Waals surface area contributed by atoms with Crippen molar-refractivity contribution in [1.82, 2.24) is 5.43 Å². The third kappa shape index (κ3) is 5.59. The Morgan fingerprint density at radius 1 is 0.917 bits per heavy atom. The predicted molar refractivity (Wildman–Crippen MR) is 135 cm³/mol. The molecule has 0 aliphatic rings. The third-order valence-corrected chi connectivity index (χ3v) is 5.59. The first-order chi connectivity index (χ1) is 17.5. The number of hydrogen-bond donors (Lipinski definition) is 2. The lowest BCUT2D eigenvalue weighted by atomic mass is 9.85. The minimum Gasteiger partial charge on any atom is -0.493 e. The van der Waals surface area contributed by atoms with Crippen molar-refractivity contribution in [2.75, 3.05) is 7.11 Å². The first-order valence-electron chi connectivity index (χ1n) is 11.2. The van der Waals surface area contributed by atoms with E-state index in [1.54, 1.807) is 78.9 Å². The average Bonchev–Trinajstić information content (AvgIpc) is 2.93. The maximum Gasteiger partial charge on any atom is 0.281 e. The van der Waals surface area contributed by atoms with Crippen LogP contribution in [0.4, 0.5) is 4.39 Å². The van der Waals surface area contributed by atoms with Gasteiger partial charge in [-0.2, -0.15) is 5.10 Å². The number of halogens is 1. The summed E-state index contributed by atoms with van der Waals surface area (Å²) in [6, 6.07) is 28.6. The molecule has 0 aliphatic carbocycles. The summed E-state index contributed by atoms with van der Waals surface area (Å²) in [5.74, 6) is -0.0246. The monoisotopic (exact) mass is 484 g/mol. The number of methoxy groups -OCH3 is 1. The molecule has 4 aromatic rings. The zero-order valence-corrected chi connectivity index (χ0v) is 19.6. The fourth-order valence-corrected chi connectivity index (χ4v) is 3.66. The van der Waals surface area contributed by atoms with Gasteiger partial charge in [-0.1, -0.05) is 72.8 Å². The molecule has 0 aromatic heterocycles. The Balaban J connectivity index is 1.48. The summed E-state index contributed by atoms with van der Waals surface area (Å²) in [6.45, 7) is 0.248. The van der Waals surface area contributed by atoms with Crippen molar-refractivity contribution in [3.63, 3.8) is 0 Å². The second-order valence-corrected chi connectivity index (χ2v) is 7.97. The summed E-state index contributed by atoms with van der Waals surface area (Å²) in [7, 11) is 1.52. The van der Waals surface area contributed by atoms with E-state index in [-0.39, 0.29) is 12.4 Å². The van der Waals surface area contributed by atoms with Crippen molar-refractivity contribution in [1.29, 1.82) is 0 Å². The Bertz CT molecular complexity index is 1290. The van der Waals surface area contributed by atoms with Crippen LogP contribution in [0.15, 0.2) is 108 Å². The van der Waals surface area contributed by atoms with Crippen LogP contribution in [0.1, 0.15) is 22.3 Å². The molecular formula is C29H25FN2O4.